The highest BCUT2D eigenvalue weighted by atomic mass is 35.5. The number of nitrogens with zero attached hydrogens (tertiary/aromatic N) is 2. The number of alkyl halides is 1. The molecule has 1 atom stereocenters. The van der Waals surface area contributed by atoms with E-state index in [2.05, 4.69) is 74.8 Å². The Bertz CT molecular complexity index is 730. The summed E-state index contributed by atoms with van der Waals surface area (Å²) in [5.41, 5.74) is 9.27. The van der Waals surface area contributed by atoms with Gasteiger partial charge in [0.05, 0.1) is 5.88 Å². The minimum absolute atomic E-state index is 0.202. The summed E-state index contributed by atoms with van der Waals surface area (Å²) in [5, 5.41) is 0. The van der Waals surface area contributed by atoms with E-state index in [1.165, 1.54) is 39.2 Å². The van der Waals surface area contributed by atoms with E-state index in [9.17, 15) is 0 Å². The molecular formula is C21H27ClN2. The van der Waals surface area contributed by atoms with Crippen LogP contribution in [0.4, 0.5) is 11.4 Å². The zero-order valence-electron chi connectivity index (χ0n) is 15.4. The summed E-state index contributed by atoms with van der Waals surface area (Å²) < 4.78 is 0. The molecule has 1 fully saturated rings. The first-order chi connectivity index (χ1) is 11.4. The van der Waals surface area contributed by atoms with Crippen molar-refractivity contribution in [2.75, 3.05) is 28.8 Å². The minimum Gasteiger partial charge on any atom is -0.348 e. The lowest BCUT2D eigenvalue weighted by atomic mass is 10.0. The molecule has 0 aromatic heterocycles. The van der Waals surface area contributed by atoms with E-state index in [-0.39, 0.29) is 6.17 Å². The Morgan fingerprint density at radius 2 is 1.42 bits per heavy atom. The number of hydrogen-bond donors (Lipinski definition) is 0. The molecule has 1 saturated heterocycles. The number of aryl methyl sites for hydroxylation is 5. The van der Waals surface area contributed by atoms with Crippen molar-refractivity contribution in [2.45, 2.75) is 40.8 Å². The fourth-order valence-electron chi connectivity index (χ4n) is 4.14. The second kappa shape index (κ2) is 6.68. The van der Waals surface area contributed by atoms with E-state index in [4.69, 9.17) is 11.6 Å². The molecule has 0 N–H and O–H groups in total. The number of hydrogen-bond acceptors (Lipinski definition) is 2. The molecule has 2 aromatic carbocycles. The standard InChI is InChI=1S/C21H27ClN2/c1-14-6-7-19(16(3)10-14)23-8-9-24(20(23)13-22)21-17(4)11-15(2)12-18(21)5/h6-7,10-12,20H,8-9,13H2,1-5H3. The maximum atomic E-state index is 6.43. The average molecular weight is 343 g/mol. The zero-order chi connectivity index (χ0) is 17.4. The number of halogens is 1. The molecule has 2 aromatic rings. The largest absolute Gasteiger partial charge is 0.348 e. The Morgan fingerprint density at radius 1 is 0.833 bits per heavy atom. The highest BCUT2D eigenvalue weighted by Crippen LogP contribution is 2.35. The Labute approximate surface area is 151 Å². The van der Waals surface area contributed by atoms with Crippen molar-refractivity contribution in [1.82, 2.24) is 0 Å². The lowest BCUT2D eigenvalue weighted by Crippen LogP contribution is -2.41. The zero-order valence-corrected chi connectivity index (χ0v) is 16.1. The quantitative estimate of drug-likeness (QED) is 0.714. The summed E-state index contributed by atoms with van der Waals surface area (Å²) in [7, 11) is 0. The third kappa shape index (κ3) is 3.00. The molecule has 24 heavy (non-hydrogen) atoms. The topological polar surface area (TPSA) is 6.48 Å². The van der Waals surface area contributed by atoms with Crippen molar-refractivity contribution >= 4 is 23.0 Å². The third-order valence-corrected chi connectivity index (χ3v) is 5.30. The molecule has 0 bridgehead atoms. The number of benzene rings is 2. The van der Waals surface area contributed by atoms with Crippen molar-refractivity contribution in [3.63, 3.8) is 0 Å². The van der Waals surface area contributed by atoms with Crippen LogP contribution in [0.15, 0.2) is 30.3 Å². The minimum atomic E-state index is 0.202. The molecule has 0 saturated carbocycles. The summed E-state index contributed by atoms with van der Waals surface area (Å²) in [4.78, 5) is 4.94. The molecule has 128 valence electrons. The van der Waals surface area contributed by atoms with Gasteiger partial charge in [0.1, 0.15) is 6.17 Å². The monoisotopic (exact) mass is 342 g/mol. The molecule has 1 aliphatic rings. The van der Waals surface area contributed by atoms with E-state index in [0.717, 1.165) is 13.1 Å². The van der Waals surface area contributed by atoms with Crippen LogP contribution < -0.4 is 9.80 Å². The van der Waals surface area contributed by atoms with E-state index < -0.39 is 0 Å². The highest BCUT2D eigenvalue weighted by molar-refractivity contribution is 6.18. The van der Waals surface area contributed by atoms with Gasteiger partial charge >= 0.3 is 0 Å². The molecule has 0 radical (unpaired) electrons. The van der Waals surface area contributed by atoms with Gasteiger partial charge in [0, 0.05) is 24.5 Å². The van der Waals surface area contributed by atoms with Crippen LogP contribution in [0.2, 0.25) is 0 Å². The van der Waals surface area contributed by atoms with Crippen molar-refractivity contribution in [3.8, 4) is 0 Å². The summed E-state index contributed by atoms with van der Waals surface area (Å²) in [5.74, 6) is 0.597. The van der Waals surface area contributed by atoms with Gasteiger partial charge in [-0.15, -0.1) is 11.6 Å². The molecule has 3 heteroatoms. The van der Waals surface area contributed by atoms with Crippen LogP contribution in [0.25, 0.3) is 0 Å². The van der Waals surface area contributed by atoms with E-state index in [0.29, 0.717) is 5.88 Å². The van der Waals surface area contributed by atoms with Crippen LogP contribution in [0.3, 0.4) is 0 Å². The van der Waals surface area contributed by atoms with Crippen LogP contribution in [0.5, 0.6) is 0 Å². The average Bonchev–Trinajstić information content (AvgIpc) is 2.89. The van der Waals surface area contributed by atoms with E-state index >= 15 is 0 Å². The smallest absolute Gasteiger partial charge is 0.115 e. The maximum Gasteiger partial charge on any atom is 0.115 e. The third-order valence-electron chi connectivity index (χ3n) is 5.02. The van der Waals surface area contributed by atoms with Gasteiger partial charge in [-0.05, 0) is 57.4 Å². The van der Waals surface area contributed by atoms with Crippen LogP contribution in [-0.2, 0) is 0 Å². The van der Waals surface area contributed by atoms with Crippen molar-refractivity contribution < 1.29 is 0 Å². The maximum absolute atomic E-state index is 6.43. The van der Waals surface area contributed by atoms with Gasteiger partial charge in [0.25, 0.3) is 0 Å². The normalized spacial score (nSPS) is 17.7. The van der Waals surface area contributed by atoms with Gasteiger partial charge in [-0.25, -0.2) is 0 Å². The van der Waals surface area contributed by atoms with Crippen molar-refractivity contribution in [1.29, 1.82) is 0 Å². The Balaban J connectivity index is 1.99. The predicted molar refractivity (Wildman–Crippen MR) is 106 cm³/mol. The van der Waals surface area contributed by atoms with Gasteiger partial charge in [-0.2, -0.15) is 0 Å². The van der Waals surface area contributed by atoms with Gasteiger partial charge in [0.15, 0.2) is 0 Å². The first-order valence-electron chi connectivity index (χ1n) is 8.66. The fraction of sp³-hybridized carbons (Fsp3) is 0.429. The molecule has 0 amide bonds. The van der Waals surface area contributed by atoms with Gasteiger partial charge < -0.3 is 9.80 Å². The van der Waals surface area contributed by atoms with Crippen LogP contribution in [0, 0.1) is 34.6 Å². The summed E-state index contributed by atoms with van der Waals surface area (Å²) in [6.07, 6.45) is 0.202. The first-order valence-corrected chi connectivity index (χ1v) is 9.20. The summed E-state index contributed by atoms with van der Waals surface area (Å²) >= 11 is 6.43. The second-order valence-electron chi connectivity index (χ2n) is 7.06. The lowest BCUT2D eigenvalue weighted by molar-refractivity contribution is 0.734. The Kier molecular flexibility index (Phi) is 4.78. The lowest BCUT2D eigenvalue weighted by Gasteiger charge is -2.34. The van der Waals surface area contributed by atoms with Gasteiger partial charge in [0.2, 0.25) is 0 Å². The molecule has 1 unspecified atom stereocenters. The molecule has 0 aliphatic carbocycles. The van der Waals surface area contributed by atoms with Crippen LogP contribution in [-0.4, -0.2) is 25.1 Å². The molecule has 0 spiro atoms. The molecular weight excluding hydrogens is 316 g/mol. The molecule has 2 nitrogen and oxygen atoms in total. The number of anilines is 2. The van der Waals surface area contributed by atoms with Gasteiger partial charge in [-0.1, -0.05) is 35.4 Å². The predicted octanol–water partition coefficient (Wildman–Crippen LogP) is 5.12. The fourth-order valence-corrected chi connectivity index (χ4v) is 4.48. The second-order valence-corrected chi connectivity index (χ2v) is 7.37. The number of rotatable bonds is 3. The summed E-state index contributed by atoms with van der Waals surface area (Å²) in [6.45, 7) is 12.9. The van der Waals surface area contributed by atoms with Crippen molar-refractivity contribution in [3.05, 3.63) is 58.1 Å². The van der Waals surface area contributed by atoms with E-state index in [1.807, 2.05) is 0 Å². The van der Waals surface area contributed by atoms with Crippen molar-refractivity contribution in [2.24, 2.45) is 0 Å². The highest BCUT2D eigenvalue weighted by Gasteiger charge is 2.33. The molecule has 1 aliphatic heterocycles. The van der Waals surface area contributed by atoms with Crippen LogP contribution >= 0.6 is 11.6 Å². The van der Waals surface area contributed by atoms with E-state index in [1.54, 1.807) is 0 Å². The first kappa shape index (κ1) is 17.2. The Morgan fingerprint density at radius 3 is 2.00 bits per heavy atom. The SMILES string of the molecule is Cc1ccc(N2CCN(c3c(C)cc(C)cc3C)C2CCl)c(C)c1. The summed E-state index contributed by atoms with van der Waals surface area (Å²) in [6, 6.07) is 11.2. The van der Waals surface area contributed by atoms with Gasteiger partial charge in [-0.3, -0.25) is 0 Å². The molecule has 1 heterocycles. The molecule has 3 rings (SSSR count). The van der Waals surface area contributed by atoms with Crippen LogP contribution in [0.1, 0.15) is 27.8 Å². The Hall–Kier alpha value is -1.67.